The molecule has 7 nitrogen and oxygen atoms in total. The molecule has 26 heavy (non-hydrogen) atoms. The summed E-state index contributed by atoms with van der Waals surface area (Å²) in [6.07, 6.45) is 2.98. The van der Waals surface area contributed by atoms with Crippen molar-refractivity contribution >= 4 is 23.2 Å². The van der Waals surface area contributed by atoms with Gasteiger partial charge in [-0.15, -0.1) is 0 Å². The standard InChI is InChI=1S/C18H23N3O4S/c1-2-24-17(23)6-5-16(22)21-8-3-4-13(11-21)10-15-19-18(20-25-15)14-7-9-26-12-14/h7,9,12-13H,2-6,8,10-11H2,1H3/t13-/m0/s1. The Bertz CT molecular complexity index is 729. The number of carbonyl (C=O) groups excluding carboxylic acids is 2. The lowest BCUT2D eigenvalue weighted by Crippen LogP contribution is -2.40. The SMILES string of the molecule is CCOC(=O)CCC(=O)N1CCC[C@@H](Cc2nc(-c3ccsc3)no2)C1. The minimum Gasteiger partial charge on any atom is -0.466 e. The number of aromatic nitrogens is 2. The molecule has 1 atom stereocenters. The maximum absolute atomic E-state index is 12.3. The quantitative estimate of drug-likeness (QED) is 0.690. The summed E-state index contributed by atoms with van der Waals surface area (Å²) in [7, 11) is 0. The summed E-state index contributed by atoms with van der Waals surface area (Å²) in [6.45, 7) is 3.51. The molecule has 0 radical (unpaired) electrons. The first-order valence-electron chi connectivity index (χ1n) is 8.94. The number of hydrogen-bond donors (Lipinski definition) is 0. The fourth-order valence-electron chi connectivity index (χ4n) is 3.15. The van der Waals surface area contributed by atoms with E-state index >= 15 is 0 Å². The molecule has 0 N–H and O–H groups in total. The topological polar surface area (TPSA) is 85.5 Å². The van der Waals surface area contributed by atoms with Gasteiger partial charge in [-0.05, 0) is 37.1 Å². The van der Waals surface area contributed by atoms with Crippen LogP contribution in [0.25, 0.3) is 11.4 Å². The van der Waals surface area contributed by atoms with E-state index < -0.39 is 0 Å². The Labute approximate surface area is 156 Å². The van der Waals surface area contributed by atoms with Gasteiger partial charge in [0.1, 0.15) is 0 Å². The van der Waals surface area contributed by atoms with Crippen molar-refractivity contribution in [2.45, 2.75) is 39.0 Å². The van der Waals surface area contributed by atoms with Gasteiger partial charge in [0, 0.05) is 36.9 Å². The normalized spacial score (nSPS) is 17.3. The number of esters is 1. The van der Waals surface area contributed by atoms with Crippen molar-refractivity contribution in [1.29, 1.82) is 0 Å². The van der Waals surface area contributed by atoms with Gasteiger partial charge in [0.15, 0.2) is 0 Å². The number of piperidine rings is 1. The summed E-state index contributed by atoms with van der Waals surface area (Å²) in [6, 6.07) is 1.96. The Morgan fingerprint density at radius 1 is 1.42 bits per heavy atom. The molecule has 1 amide bonds. The van der Waals surface area contributed by atoms with Gasteiger partial charge < -0.3 is 14.2 Å². The fourth-order valence-corrected chi connectivity index (χ4v) is 3.79. The molecule has 1 saturated heterocycles. The Morgan fingerprint density at radius 3 is 3.08 bits per heavy atom. The van der Waals surface area contributed by atoms with Crippen molar-refractivity contribution in [1.82, 2.24) is 15.0 Å². The Balaban J connectivity index is 1.50. The van der Waals surface area contributed by atoms with Crippen LogP contribution >= 0.6 is 11.3 Å². The number of rotatable bonds is 7. The average molecular weight is 377 g/mol. The highest BCUT2D eigenvalue weighted by Crippen LogP contribution is 2.23. The van der Waals surface area contributed by atoms with Gasteiger partial charge in [0.2, 0.25) is 17.6 Å². The van der Waals surface area contributed by atoms with E-state index in [4.69, 9.17) is 9.26 Å². The summed E-state index contributed by atoms with van der Waals surface area (Å²) in [5, 5.41) is 8.00. The predicted octanol–water partition coefficient (Wildman–Crippen LogP) is 2.92. The molecule has 3 rings (SSSR count). The maximum Gasteiger partial charge on any atom is 0.306 e. The number of likely N-dealkylation sites (tertiary alicyclic amines) is 1. The van der Waals surface area contributed by atoms with Crippen LogP contribution in [0.5, 0.6) is 0 Å². The minimum atomic E-state index is -0.318. The van der Waals surface area contributed by atoms with E-state index in [1.54, 1.807) is 18.3 Å². The summed E-state index contributed by atoms with van der Waals surface area (Å²) < 4.78 is 10.2. The monoisotopic (exact) mass is 377 g/mol. The zero-order chi connectivity index (χ0) is 18.4. The van der Waals surface area contributed by atoms with Crippen LogP contribution in [-0.4, -0.2) is 46.6 Å². The molecule has 0 aromatic carbocycles. The highest BCUT2D eigenvalue weighted by Gasteiger charge is 2.26. The second-order valence-corrected chi connectivity index (χ2v) is 7.16. The van der Waals surface area contributed by atoms with E-state index in [1.807, 2.05) is 21.7 Å². The molecular weight excluding hydrogens is 354 g/mol. The van der Waals surface area contributed by atoms with Gasteiger partial charge in [-0.25, -0.2) is 0 Å². The first-order chi connectivity index (χ1) is 12.7. The van der Waals surface area contributed by atoms with Crippen LogP contribution in [0.2, 0.25) is 0 Å². The third-order valence-corrected chi connectivity index (χ3v) is 5.11. The molecule has 0 unspecified atom stereocenters. The third-order valence-electron chi connectivity index (χ3n) is 4.43. The van der Waals surface area contributed by atoms with Crippen LogP contribution in [0, 0.1) is 5.92 Å². The predicted molar refractivity (Wildman–Crippen MR) is 96.5 cm³/mol. The van der Waals surface area contributed by atoms with Crippen LogP contribution in [0.1, 0.15) is 38.5 Å². The molecule has 2 aromatic heterocycles. The van der Waals surface area contributed by atoms with Crippen molar-refractivity contribution in [3.05, 3.63) is 22.7 Å². The fraction of sp³-hybridized carbons (Fsp3) is 0.556. The zero-order valence-electron chi connectivity index (χ0n) is 14.8. The molecular formula is C18H23N3O4S. The van der Waals surface area contributed by atoms with Crippen molar-refractivity contribution in [2.75, 3.05) is 19.7 Å². The van der Waals surface area contributed by atoms with Crippen LogP contribution in [0.15, 0.2) is 21.3 Å². The van der Waals surface area contributed by atoms with E-state index in [0.29, 0.717) is 37.2 Å². The lowest BCUT2D eigenvalue weighted by Gasteiger charge is -2.32. The zero-order valence-corrected chi connectivity index (χ0v) is 15.7. The molecule has 0 saturated carbocycles. The van der Waals surface area contributed by atoms with Gasteiger partial charge >= 0.3 is 5.97 Å². The van der Waals surface area contributed by atoms with Gasteiger partial charge in [-0.1, -0.05) is 5.16 Å². The molecule has 0 spiro atoms. The number of nitrogens with zero attached hydrogens (tertiary/aromatic N) is 3. The van der Waals surface area contributed by atoms with Crippen molar-refractivity contribution in [2.24, 2.45) is 5.92 Å². The second-order valence-electron chi connectivity index (χ2n) is 6.38. The number of ether oxygens (including phenoxy) is 1. The van der Waals surface area contributed by atoms with Crippen LogP contribution in [0.3, 0.4) is 0 Å². The van der Waals surface area contributed by atoms with Crippen LogP contribution < -0.4 is 0 Å². The second kappa shape index (κ2) is 8.93. The molecule has 1 aliphatic heterocycles. The lowest BCUT2D eigenvalue weighted by atomic mass is 9.94. The van der Waals surface area contributed by atoms with Gasteiger partial charge in [-0.3, -0.25) is 9.59 Å². The van der Waals surface area contributed by atoms with E-state index in [2.05, 4.69) is 10.1 Å². The Hall–Kier alpha value is -2.22. The summed E-state index contributed by atoms with van der Waals surface area (Å²) in [4.78, 5) is 30.0. The van der Waals surface area contributed by atoms with Gasteiger partial charge in [0.05, 0.1) is 13.0 Å². The van der Waals surface area contributed by atoms with E-state index in [0.717, 1.165) is 24.9 Å². The number of thiophene rings is 1. The summed E-state index contributed by atoms with van der Waals surface area (Å²) in [5.41, 5.74) is 0.962. The molecule has 2 aromatic rings. The number of amides is 1. The molecule has 140 valence electrons. The smallest absolute Gasteiger partial charge is 0.306 e. The van der Waals surface area contributed by atoms with Crippen molar-refractivity contribution < 1.29 is 18.8 Å². The highest BCUT2D eigenvalue weighted by atomic mass is 32.1. The van der Waals surface area contributed by atoms with Gasteiger partial charge in [-0.2, -0.15) is 16.3 Å². The molecule has 0 bridgehead atoms. The third kappa shape index (κ3) is 4.91. The molecule has 0 aliphatic carbocycles. The van der Waals surface area contributed by atoms with Crippen molar-refractivity contribution in [3.8, 4) is 11.4 Å². The van der Waals surface area contributed by atoms with E-state index in [1.165, 1.54) is 0 Å². The Kier molecular flexibility index (Phi) is 6.38. The first-order valence-corrected chi connectivity index (χ1v) is 9.88. The highest BCUT2D eigenvalue weighted by molar-refractivity contribution is 7.08. The van der Waals surface area contributed by atoms with Crippen LogP contribution in [-0.2, 0) is 20.7 Å². The number of hydrogen-bond acceptors (Lipinski definition) is 7. The lowest BCUT2D eigenvalue weighted by molar-refractivity contribution is -0.146. The van der Waals surface area contributed by atoms with Crippen LogP contribution in [0.4, 0.5) is 0 Å². The molecule has 1 aliphatic rings. The molecule has 1 fully saturated rings. The van der Waals surface area contributed by atoms with E-state index in [9.17, 15) is 9.59 Å². The average Bonchev–Trinajstić information content (AvgIpc) is 3.32. The molecule has 3 heterocycles. The van der Waals surface area contributed by atoms with Crippen molar-refractivity contribution in [3.63, 3.8) is 0 Å². The summed E-state index contributed by atoms with van der Waals surface area (Å²) >= 11 is 1.59. The Morgan fingerprint density at radius 2 is 2.31 bits per heavy atom. The first kappa shape index (κ1) is 18.6. The van der Waals surface area contributed by atoms with Gasteiger partial charge in [0.25, 0.3) is 0 Å². The molecule has 8 heteroatoms. The summed E-state index contributed by atoms with van der Waals surface area (Å²) in [5.74, 6) is 1.20. The largest absolute Gasteiger partial charge is 0.466 e. The minimum absolute atomic E-state index is 0.00671. The number of carbonyl (C=O) groups is 2. The van der Waals surface area contributed by atoms with E-state index in [-0.39, 0.29) is 24.7 Å². The maximum atomic E-state index is 12.3.